The number of hydrogen-bond acceptors (Lipinski definition) is 4. The van der Waals surface area contributed by atoms with E-state index < -0.39 is 0 Å². The molecular weight excluding hydrogens is 246 g/mol. The molecule has 0 aliphatic carbocycles. The molecule has 2 N–H and O–H groups in total. The van der Waals surface area contributed by atoms with Crippen LogP contribution in [0.5, 0.6) is 5.75 Å². The Morgan fingerprint density at radius 2 is 2.17 bits per heavy atom. The third-order valence-corrected chi connectivity index (χ3v) is 2.61. The van der Waals surface area contributed by atoms with Crippen molar-refractivity contribution in [2.24, 2.45) is 5.73 Å². The predicted molar refractivity (Wildman–Crippen MR) is 73.6 cm³/mol. The molecule has 0 unspecified atom stereocenters. The van der Waals surface area contributed by atoms with Crippen molar-refractivity contribution < 1.29 is 4.74 Å². The van der Waals surface area contributed by atoms with Gasteiger partial charge in [-0.05, 0) is 18.2 Å². The van der Waals surface area contributed by atoms with Gasteiger partial charge in [0, 0.05) is 24.5 Å². The highest BCUT2D eigenvalue weighted by Gasteiger charge is 2.06. The van der Waals surface area contributed by atoms with Gasteiger partial charge in [-0.25, -0.2) is 0 Å². The van der Waals surface area contributed by atoms with E-state index in [9.17, 15) is 0 Å². The number of pyridine rings is 2. The lowest BCUT2D eigenvalue weighted by Crippen LogP contribution is -2.13. The van der Waals surface area contributed by atoms with E-state index >= 15 is 0 Å². The molecular formula is C13H13N3OS. The van der Waals surface area contributed by atoms with Gasteiger partial charge < -0.3 is 10.5 Å². The van der Waals surface area contributed by atoms with Crippen LogP contribution in [0.1, 0.15) is 11.3 Å². The molecule has 0 radical (unpaired) electrons. The molecule has 2 aromatic rings. The molecule has 0 saturated heterocycles. The Hall–Kier alpha value is -2.01. The number of ether oxygens (including phenoxy) is 1. The molecule has 0 aliphatic heterocycles. The Morgan fingerprint density at radius 3 is 2.89 bits per heavy atom. The number of rotatable bonds is 5. The van der Waals surface area contributed by atoms with Gasteiger partial charge in [0.25, 0.3) is 0 Å². The van der Waals surface area contributed by atoms with Gasteiger partial charge in [0.05, 0.1) is 18.4 Å². The summed E-state index contributed by atoms with van der Waals surface area (Å²) in [6.07, 6.45) is 5.75. The first-order valence-corrected chi connectivity index (χ1v) is 5.94. The highest BCUT2D eigenvalue weighted by Crippen LogP contribution is 2.16. The average molecular weight is 259 g/mol. The van der Waals surface area contributed by atoms with Crippen LogP contribution < -0.4 is 10.5 Å². The monoisotopic (exact) mass is 259 g/mol. The fourth-order valence-electron chi connectivity index (χ4n) is 1.51. The molecule has 4 nitrogen and oxygen atoms in total. The summed E-state index contributed by atoms with van der Waals surface area (Å²) in [6, 6.07) is 7.54. The Kier molecular flexibility index (Phi) is 4.20. The van der Waals surface area contributed by atoms with E-state index in [1.807, 2.05) is 18.2 Å². The van der Waals surface area contributed by atoms with Gasteiger partial charge in [-0.15, -0.1) is 0 Å². The van der Waals surface area contributed by atoms with E-state index in [0.717, 1.165) is 12.1 Å². The smallest absolute Gasteiger partial charge is 0.147 e. The predicted octanol–water partition coefficient (Wildman–Crippen LogP) is 1.73. The number of thiocarbonyl (C=S) groups is 1. The first kappa shape index (κ1) is 12.4. The maximum atomic E-state index is 5.63. The summed E-state index contributed by atoms with van der Waals surface area (Å²) in [5.74, 6) is 0.612. The molecule has 0 aliphatic rings. The van der Waals surface area contributed by atoms with Crippen LogP contribution in [0.4, 0.5) is 0 Å². The molecule has 0 bridgehead atoms. The Bertz CT molecular complexity index is 531. The SMILES string of the molecule is NC(=S)c1ccncc1OCCc1ccccn1. The molecule has 0 aromatic carbocycles. The maximum absolute atomic E-state index is 5.63. The van der Waals surface area contributed by atoms with Crippen LogP contribution in [-0.4, -0.2) is 21.6 Å². The zero-order valence-electron chi connectivity index (χ0n) is 9.74. The summed E-state index contributed by atoms with van der Waals surface area (Å²) in [5.41, 5.74) is 7.30. The van der Waals surface area contributed by atoms with Gasteiger partial charge in [-0.2, -0.15) is 0 Å². The van der Waals surface area contributed by atoms with Crippen molar-refractivity contribution in [1.82, 2.24) is 9.97 Å². The molecule has 0 fully saturated rings. The maximum Gasteiger partial charge on any atom is 0.147 e. The highest BCUT2D eigenvalue weighted by molar-refractivity contribution is 7.80. The van der Waals surface area contributed by atoms with Gasteiger partial charge in [0.2, 0.25) is 0 Å². The fourth-order valence-corrected chi connectivity index (χ4v) is 1.68. The number of hydrogen-bond donors (Lipinski definition) is 1. The Balaban J connectivity index is 1.97. The van der Waals surface area contributed by atoms with Crippen LogP contribution in [0, 0.1) is 0 Å². The molecule has 2 aromatic heterocycles. The summed E-state index contributed by atoms with van der Waals surface area (Å²) in [7, 11) is 0. The minimum Gasteiger partial charge on any atom is -0.491 e. The standard InChI is InChI=1S/C13H13N3OS/c14-13(18)11-4-7-15-9-12(11)17-8-5-10-3-1-2-6-16-10/h1-4,6-7,9H,5,8H2,(H2,14,18). The molecule has 0 atom stereocenters. The van der Waals surface area contributed by atoms with E-state index in [0.29, 0.717) is 22.9 Å². The van der Waals surface area contributed by atoms with E-state index in [1.165, 1.54) is 0 Å². The van der Waals surface area contributed by atoms with Gasteiger partial charge >= 0.3 is 0 Å². The van der Waals surface area contributed by atoms with Crippen LogP contribution in [0.3, 0.4) is 0 Å². The molecule has 2 heterocycles. The summed E-state index contributed by atoms with van der Waals surface area (Å²) < 4.78 is 5.63. The van der Waals surface area contributed by atoms with Crippen molar-refractivity contribution in [3.8, 4) is 5.75 Å². The summed E-state index contributed by atoms with van der Waals surface area (Å²) in [4.78, 5) is 8.53. The second-order valence-corrected chi connectivity index (χ2v) is 4.10. The minimum absolute atomic E-state index is 0.310. The fraction of sp³-hybridized carbons (Fsp3) is 0.154. The minimum atomic E-state index is 0.310. The van der Waals surface area contributed by atoms with Crippen LogP contribution in [0.2, 0.25) is 0 Å². The van der Waals surface area contributed by atoms with Crippen LogP contribution in [-0.2, 0) is 6.42 Å². The zero-order valence-corrected chi connectivity index (χ0v) is 10.6. The molecule has 0 saturated carbocycles. The lowest BCUT2D eigenvalue weighted by atomic mass is 10.2. The zero-order chi connectivity index (χ0) is 12.8. The Morgan fingerprint density at radius 1 is 1.28 bits per heavy atom. The lowest BCUT2D eigenvalue weighted by molar-refractivity contribution is 0.318. The van der Waals surface area contributed by atoms with Crippen molar-refractivity contribution in [1.29, 1.82) is 0 Å². The van der Waals surface area contributed by atoms with Gasteiger partial charge in [-0.3, -0.25) is 9.97 Å². The topological polar surface area (TPSA) is 61.0 Å². The van der Waals surface area contributed by atoms with E-state index in [1.54, 1.807) is 24.7 Å². The summed E-state index contributed by atoms with van der Waals surface area (Å²) >= 11 is 4.95. The second-order valence-electron chi connectivity index (χ2n) is 3.66. The normalized spacial score (nSPS) is 10.0. The van der Waals surface area contributed by atoms with Gasteiger partial charge in [-0.1, -0.05) is 18.3 Å². The summed E-state index contributed by atoms with van der Waals surface area (Å²) in [6.45, 7) is 0.512. The third-order valence-electron chi connectivity index (χ3n) is 2.39. The number of nitrogens with zero attached hydrogens (tertiary/aromatic N) is 2. The van der Waals surface area contributed by atoms with Gasteiger partial charge in [0.15, 0.2) is 0 Å². The van der Waals surface area contributed by atoms with Crippen molar-refractivity contribution in [2.45, 2.75) is 6.42 Å². The molecule has 0 amide bonds. The van der Waals surface area contributed by atoms with Crippen molar-refractivity contribution >= 4 is 17.2 Å². The first-order valence-electron chi connectivity index (χ1n) is 5.54. The first-order chi connectivity index (χ1) is 8.77. The van der Waals surface area contributed by atoms with E-state index in [2.05, 4.69) is 9.97 Å². The quantitative estimate of drug-likeness (QED) is 0.829. The molecule has 92 valence electrons. The molecule has 18 heavy (non-hydrogen) atoms. The third kappa shape index (κ3) is 3.24. The van der Waals surface area contributed by atoms with Gasteiger partial charge in [0.1, 0.15) is 10.7 Å². The molecule has 2 rings (SSSR count). The Labute approximate surface area is 111 Å². The largest absolute Gasteiger partial charge is 0.491 e. The van der Waals surface area contributed by atoms with Crippen LogP contribution in [0.25, 0.3) is 0 Å². The number of nitrogens with two attached hydrogens (primary N) is 1. The second kappa shape index (κ2) is 6.07. The van der Waals surface area contributed by atoms with E-state index in [4.69, 9.17) is 22.7 Å². The van der Waals surface area contributed by atoms with Crippen molar-refractivity contribution in [3.63, 3.8) is 0 Å². The average Bonchev–Trinajstić information content (AvgIpc) is 2.40. The molecule has 5 heteroatoms. The van der Waals surface area contributed by atoms with Crippen LogP contribution >= 0.6 is 12.2 Å². The van der Waals surface area contributed by atoms with E-state index in [-0.39, 0.29) is 0 Å². The lowest BCUT2D eigenvalue weighted by Gasteiger charge is -2.09. The summed E-state index contributed by atoms with van der Waals surface area (Å²) in [5, 5.41) is 0. The number of aromatic nitrogens is 2. The highest BCUT2D eigenvalue weighted by atomic mass is 32.1. The van der Waals surface area contributed by atoms with Crippen molar-refractivity contribution in [3.05, 3.63) is 54.1 Å². The molecule has 0 spiro atoms. The van der Waals surface area contributed by atoms with Crippen LogP contribution in [0.15, 0.2) is 42.9 Å². The van der Waals surface area contributed by atoms with Crippen molar-refractivity contribution in [2.75, 3.05) is 6.61 Å².